The molecule has 5 heteroatoms. The first-order chi connectivity index (χ1) is 7.49. The zero-order valence-corrected chi connectivity index (χ0v) is 11.0. The van der Waals surface area contributed by atoms with E-state index >= 15 is 0 Å². The fourth-order valence-electron chi connectivity index (χ4n) is 0.759. The molecule has 0 N–H and O–H groups in total. The second kappa shape index (κ2) is 8.35. The van der Waals surface area contributed by atoms with Crippen LogP contribution in [0.15, 0.2) is 24.4 Å². The number of carbonyl (C=O) groups is 2. The van der Waals surface area contributed by atoms with Gasteiger partial charge in [-0.3, -0.25) is 14.6 Å². The van der Waals surface area contributed by atoms with E-state index in [0.29, 0.717) is 6.42 Å². The Bertz CT molecular complexity index is 341. The molecular formula is C11H15NO2S2. The number of rotatable bonds is 3. The van der Waals surface area contributed by atoms with Crippen molar-refractivity contribution in [2.75, 3.05) is 0 Å². The summed E-state index contributed by atoms with van der Waals surface area (Å²) in [6.45, 7) is 3.56. The van der Waals surface area contributed by atoms with Gasteiger partial charge < -0.3 is 0 Å². The van der Waals surface area contributed by atoms with E-state index in [0.717, 1.165) is 5.69 Å². The zero-order valence-electron chi connectivity index (χ0n) is 9.25. The van der Waals surface area contributed by atoms with Gasteiger partial charge in [-0.1, -0.05) is 13.0 Å². The maximum atomic E-state index is 10.8. The number of hydrogen-bond acceptors (Lipinski definition) is 3. The normalized spacial score (nSPS) is 11.0. The number of nitrogens with zero attached hydrogens (tertiary/aromatic N) is 1. The minimum Gasteiger partial charge on any atom is -0.288 e. The molecule has 0 aliphatic rings. The lowest BCUT2D eigenvalue weighted by atomic mass is 10.1. The fourth-order valence-corrected chi connectivity index (χ4v) is 0.891. The molecule has 1 heterocycles. The molecule has 1 unspecified atom stereocenters. The van der Waals surface area contributed by atoms with Gasteiger partial charge in [-0.15, -0.1) is 25.3 Å². The Morgan fingerprint density at radius 1 is 1.38 bits per heavy atom. The van der Waals surface area contributed by atoms with Crippen LogP contribution in [0, 0.1) is 0 Å². The summed E-state index contributed by atoms with van der Waals surface area (Å²) >= 11 is 7.18. The van der Waals surface area contributed by atoms with Crippen LogP contribution < -0.4 is 0 Å². The third kappa shape index (κ3) is 6.63. The molecule has 3 nitrogen and oxygen atoms in total. The third-order valence-electron chi connectivity index (χ3n) is 1.80. The highest BCUT2D eigenvalue weighted by atomic mass is 32.1. The van der Waals surface area contributed by atoms with Gasteiger partial charge in [-0.05, 0) is 19.1 Å². The minimum absolute atomic E-state index is 0.0509. The summed E-state index contributed by atoms with van der Waals surface area (Å²) in [6.07, 6.45) is 2.20. The molecule has 0 aromatic carbocycles. The summed E-state index contributed by atoms with van der Waals surface area (Å²) in [6, 6.07) is 5.49. The van der Waals surface area contributed by atoms with Crippen molar-refractivity contribution in [2.45, 2.75) is 26.2 Å². The fraction of sp³-hybridized carbons (Fsp3) is 0.364. The van der Waals surface area contributed by atoms with Crippen LogP contribution in [0.5, 0.6) is 0 Å². The predicted molar refractivity (Wildman–Crippen MR) is 70.9 cm³/mol. The Hall–Kier alpha value is -0.810. The van der Waals surface area contributed by atoms with Crippen LogP contribution >= 0.6 is 25.3 Å². The lowest BCUT2D eigenvalue weighted by Gasteiger charge is -2.03. The van der Waals surface area contributed by atoms with Crippen LogP contribution in [0.1, 0.15) is 31.9 Å². The summed E-state index contributed by atoms with van der Waals surface area (Å²) in [7, 11) is 0. The average molecular weight is 257 g/mol. The molecular weight excluding hydrogens is 242 g/mol. The van der Waals surface area contributed by atoms with Crippen LogP contribution in [-0.4, -0.2) is 15.2 Å². The highest BCUT2D eigenvalue weighted by Crippen LogP contribution is 2.13. The first kappa shape index (κ1) is 15.2. The van der Waals surface area contributed by atoms with E-state index in [1.54, 1.807) is 20.0 Å². The van der Waals surface area contributed by atoms with E-state index in [1.807, 2.05) is 18.2 Å². The van der Waals surface area contributed by atoms with Gasteiger partial charge >= 0.3 is 0 Å². The van der Waals surface area contributed by atoms with Crippen molar-refractivity contribution < 1.29 is 9.59 Å². The highest BCUT2D eigenvalue weighted by molar-refractivity contribution is 7.96. The monoisotopic (exact) mass is 257 g/mol. The standard InChI is InChI=1S/C8H9NOS.C3H6OS/c1-6(8(10)11)7-4-2-3-5-9-7;1-2-3(4)5/h2-6H,1H3,(H,10,11);2H2,1H3,(H,4,5). The van der Waals surface area contributed by atoms with Gasteiger partial charge in [0.15, 0.2) is 10.2 Å². The zero-order chi connectivity index (χ0) is 12.6. The summed E-state index contributed by atoms with van der Waals surface area (Å²) in [4.78, 5) is 24.5. The topological polar surface area (TPSA) is 47.0 Å². The van der Waals surface area contributed by atoms with Crippen LogP contribution in [-0.2, 0) is 9.59 Å². The van der Waals surface area contributed by atoms with Crippen LogP contribution in [0.4, 0.5) is 0 Å². The van der Waals surface area contributed by atoms with Crippen molar-refractivity contribution in [3.8, 4) is 0 Å². The summed E-state index contributed by atoms with van der Waals surface area (Å²) in [5.74, 6) is -0.209. The highest BCUT2D eigenvalue weighted by Gasteiger charge is 2.11. The Labute approximate surface area is 106 Å². The maximum Gasteiger partial charge on any atom is 0.194 e. The van der Waals surface area contributed by atoms with Gasteiger partial charge in [-0.25, -0.2) is 0 Å². The second-order valence-corrected chi connectivity index (χ2v) is 4.00. The summed E-state index contributed by atoms with van der Waals surface area (Å²) in [5, 5.41) is -0.200. The number of aromatic nitrogens is 1. The van der Waals surface area contributed by atoms with Gasteiger partial charge in [0.1, 0.15) is 0 Å². The van der Waals surface area contributed by atoms with Gasteiger partial charge in [-0.2, -0.15) is 0 Å². The number of pyridine rings is 1. The Balaban J connectivity index is 0.000000385. The van der Waals surface area contributed by atoms with Crippen molar-refractivity contribution in [3.63, 3.8) is 0 Å². The molecule has 88 valence electrons. The first-order valence-electron chi connectivity index (χ1n) is 4.84. The van der Waals surface area contributed by atoms with Gasteiger partial charge in [0.25, 0.3) is 0 Å². The van der Waals surface area contributed by atoms with Crippen LogP contribution in [0.2, 0.25) is 0 Å². The van der Waals surface area contributed by atoms with Crippen molar-refractivity contribution in [2.24, 2.45) is 0 Å². The molecule has 0 fully saturated rings. The Morgan fingerprint density at radius 2 is 1.94 bits per heavy atom. The molecule has 1 rings (SSSR count). The van der Waals surface area contributed by atoms with Gasteiger partial charge in [0, 0.05) is 12.6 Å². The lowest BCUT2D eigenvalue weighted by Crippen LogP contribution is -2.03. The van der Waals surface area contributed by atoms with E-state index in [4.69, 9.17) is 0 Å². The van der Waals surface area contributed by atoms with Crippen molar-refractivity contribution >= 4 is 35.5 Å². The molecule has 0 spiro atoms. The number of carbonyl (C=O) groups excluding carboxylic acids is 2. The largest absolute Gasteiger partial charge is 0.288 e. The molecule has 0 amide bonds. The smallest absolute Gasteiger partial charge is 0.194 e. The third-order valence-corrected chi connectivity index (χ3v) is 2.51. The molecule has 1 atom stereocenters. The molecule has 0 radical (unpaired) electrons. The Morgan fingerprint density at radius 3 is 2.25 bits per heavy atom. The van der Waals surface area contributed by atoms with Gasteiger partial charge in [0.2, 0.25) is 0 Å². The second-order valence-electron chi connectivity index (χ2n) is 3.06. The van der Waals surface area contributed by atoms with Gasteiger partial charge in [0.05, 0.1) is 11.6 Å². The molecule has 0 bridgehead atoms. The molecule has 16 heavy (non-hydrogen) atoms. The Kier molecular flexibility index (Phi) is 7.93. The molecule has 1 aromatic rings. The molecule has 0 saturated carbocycles. The van der Waals surface area contributed by atoms with Crippen molar-refractivity contribution in [3.05, 3.63) is 30.1 Å². The SMILES string of the molecule is CC(C(=O)S)c1ccccn1.CCC(=O)S. The molecule has 0 saturated heterocycles. The average Bonchev–Trinajstić information content (AvgIpc) is 2.29. The number of thiol groups is 2. The van der Waals surface area contributed by atoms with E-state index < -0.39 is 0 Å². The minimum atomic E-state index is -0.209. The summed E-state index contributed by atoms with van der Waals surface area (Å²) < 4.78 is 0. The maximum absolute atomic E-state index is 10.8. The predicted octanol–water partition coefficient (Wildman–Crippen LogP) is 2.49. The quantitative estimate of drug-likeness (QED) is 0.818. The molecule has 0 aliphatic carbocycles. The first-order valence-corrected chi connectivity index (χ1v) is 5.74. The van der Waals surface area contributed by atoms with Crippen molar-refractivity contribution in [1.29, 1.82) is 0 Å². The lowest BCUT2D eigenvalue weighted by molar-refractivity contribution is -0.112. The number of hydrogen-bond donors (Lipinski definition) is 2. The van der Waals surface area contributed by atoms with E-state index in [-0.39, 0.29) is 16.1 Å². The van der Waals surface area contributed by atoms with E-state index in [1.165, 1.54) is 0 Å². The summed E-state index contributed by atoms with van der Waals surface area (Å²) in [5.41, 5.74) is 0.771. The van der Waals surface area contributed by atoms with Crippen LogP contribution in [0.25, 0.3) is 0 Å². The van der Waals surface area contributed by atoms with Crippen LogP contribution in [0.3, 0.4) is 0 Å². The van der Waals surface area contributed by atoms with Crippen molar-refractivity contribution in [1.82, 2.24) is 4.98 Å². The van der Waals surface area contributed by atoms with E-state index in [2.05, 4.69) is 30.2 Å². The van der Waals surface area contributed by atoms with E-state index in [9.17, 15) is 9.59 Å². The molecule has 1 aromatic heterocycles. The molecule has 0 aliphatic heterocycles.